The van der Waals surface area contributed by atoms with E-state index in [4.69, 9.17) is 10.5 Å². The molecule has 0 radical (unpaired) electrons. The number of alkyl halides is 3. The lowest BCUT2D eigenvalue weighted by atomic mass is 10.1. The topological polar surface area (TPSA) is 35.2 Å². The molecule has 0 saturated heterocycles. The lowest BCUT2D eigenvalue weighted by Gasteiger charge is -2.17. The molecule has 1 unspecified atom stereocenters. The highest BCUT2D eigenvalue weighted by Gasteiger charge is 2.33. The number of rotatable bonds is 4. The van der Waals surface area contributed by atoms with Crippen molar-refractivity contribution in [3.8, 4) is 5.75 Å². The zero-order valence-electron chi connectivity index (χ0n) is 11.5. The van der Waals surface area contributed by atoms with Gasteiger partial charge in [0.25, 0.3) is 0 Å². The molecule has 2 N–H and O–H groups in total. The standard InChI is InChI=1S/C16H16F3NO/c1-11(12-5-3-2-4-6-12)21-14-7-8-15(16(17,18)19)13(9-14)10-20/h2-9,11H,10,20H2,1H3. The van der Waals surface area contributed by atoms with Crippen LogP contribution in [0.25, 0.3) is 0 Å². The van der Waals surface area contributed by atoms with Crippen LogP contribution in [0.3, 0.4) is 0 Å². The van der Waals surface area contributed by atoms with Crippen molar-refractivity contribution in [2.45, 2.75) is 25.7 Å². The highest BCUT2D eigenvalue weighted by atomic mass is 19.4. The van der Waals surface area contributed by atoms with Crippen LogP contribution in [0.5, 0.6) is 5.75 Å². The normalized spacial score (nSPS) is 13.0. The minimum absolute atomic E-state index is 0.0280. The van der Waals surface area contributed by atoms with E-state index in [1.807, 2.05) is 37.3 Å². The summed E-state index contributed by atoms with van der Waals surface area (Å²) in [5.41, 5.74) is 5.66. The van der Waals surface area contributed by atoms with Gasteiger partial charge in [-0.2, -0.15) is 13.2 Å². The molecule has 21 heavy (non-hydrogen) atoms. The molecule has 112 valence electrons. The van der Waals surface area contributed by atoms with E-state index in [0.29, 0.717) is 5.75 Å². The van der Waals surface area contributed by atoms with Crippen molar-refractivity contribution in [3.63, 3.8) is 0 Å². The van der Waals surface area contributed by atoms with E-state index in [1.165, 1.54) is 12.1 Å². The van der Waals surface area contributed by atoms with E-state index >= 15 is 0 Å². The Kier molecular flexibility index (Phi) is 4.53. The van der Waals surface area contributed by atoms with Crippen LogP contribution in [-0.4, -0.2) is 0 Å². The Balaban J connectivity index is 2.22. The fourth-order valence-corrected chi connectivity index (χ4v) is 2.09. The van der Waals surface area contributed by atoms with Gasteiger partial charge >= 0.3 is 6.18 Å². The van der Waals surface area contributed by atoms with Crippen molar-refractivity contribution < 1.29 is 17.9 Å². The predicted molar refractivity (Wildman–Crippen MR) is 74.8 cm³/mol. The Morgan fingerprint density at radius 2 is 1.76 bits per heavy atom. The van der Waals surface area contributed by atoms with Crippen LogP contribution in [0.2, 0.25) is 0 Å². The van der Waals surface area contributed by atoms with Gasteiger partial charge in [-0.25, -0.2) is 0 Å². The first kappa shape index (κ1) is 15.4. The van der Waals surface area contributed by atoms with E-state index in [2.05, 4.69) is 0 Å². The summed E-state index contributed by atoms with van der Waals surface area (Å²) >= 11 is 0. The lowest BCUT2D eigenvalue weighted by Crippen LogP contribution is -2.12. The van der Waals surface area contributed by atoms with Gasteiger partial charge in [0.05, 0.1) is 5.56 Å². The molecule has 0 bridgehead atoms. The van der Waals surface area contributed by atoms with Gasteiger partial charge in [0, 0.05) is 6.54 Å². The molecule has 0 aliphatic heterocycles. The molecule has 2 aromatic rings. The minimum atomic E-state index is -4.40. The van der Waals surface area contributed by atoms with Crippen molar-refractivity contribution in [1.82, 2.24) is 0 Å². The first-order valence-corrected chi connectivity index (χ1v) is 6.53. The van der Waals surface area contributed by atoms with Crippen LogP contribution < -0.4 is 10.5 Å². The van der Waals surface area contributed by atoms with E-state index in [9.17, 15) is 13.2 Å². The van der Waals surface area contributed by atoms with Gasteiger partial charge in [-0.1, -0.05) is 30.3 Å². The number of hydrogen-bond acceptors (Lipinski definition) is 2. The largest absolute Gasteiger partial charge is 0.486 e. The summed E-state index contributed by atoms with van der Waals surface area (Å²) in [7, 11) is 0. The lowest BCUT2D eigenvalue weighted by molar-refractivity contribution is -0.138. The Labute approximate surface area is 121 Å². The summed E-state index contributed by atoms with van der Waals surface area (Å²) in [6.07, 6.45) is -4.66. The van der Waals surface area contributed by atoms with Gasteiger partial charge in [0.15, 0.2) is 0 Å². The van der Waals surface area contributed by atoms with Gasteiger partial charge in [0.1, 0.15) is 11.9 Å². The third-order valence-corrected chi connectivity index (χ3v) is 3.18. The summed E-state index contributed by atoms with van der Waals surface area (Å²) in [4.78, 5) is 0. The Morgan fingerprint density at radius 1 is 1.10 bits per heavy atom. The fourth-order valence-electron chi connectivity index (χ4n) is 2.09. The molecule has 5 heteroatoms. The number of benzene rings is 2. The minimum Gasteiger partial charge on any atom is -0.486 e. The van der Waals surface area contributed by atoms with E-state index in [1.54, 1.807) is 0 Å². The molecule has 0 fully saturated rings. The van der Waals surface area contributed by atoms with Crippen molar-refractivity contribution in [2.75, 3.05) is 0 Å². The van der Waals surface area contributed by atoms with Crippen molar-refractivity contribution >= 4 is 0 Å². The van der Waals surface area contributed by atoms with Gasteiger partial charge in [-0.05, 0) is 36.2 Å². The maximum absolute atomic E-state index is 12.8. The van der Waals surface area contributed by atoms with Gasteiger partial charge in [0.2, 0.25) is 0 Å². The molecule has 0 saturated carbocycles. The molecule has 0 spiro atoms. The zero-order chi connectivity index (χ0) is 15.5. The van der Waals surface area contributed by atoms with Gasteiger partial charge in [-0.15, -0.1) is 0 Å². The second-order valence-electron chi connectivity index (χ2n) is 4.69. The van der Waals surface area contributed by atoms with Gasteiger partial charge in [-0.3, -0.25) is 0 Å². The maximum atomic E-state index is 12.8. The van der Waals surface area contributed by atoms with Crippen molar-refractivity contribution in [1.29, 1.82) is 0 Å². The second-order valence-corrected chi connectivity index (χ2v) is 4.69. The van der Waals surface area contributed by atoms with Crippen molar-refractivity contribution in [3.05, 3.63) is 65.2 Å². The number of hydrogen-bond donors (Lipinski definition) is 1. The highest BCUT2D eigenvalue weighted by Crippen LogP contribution is 2.34. The SMILES string of the molecule is CC(Oc1ccc(C(F)(F)F)c(CN)c1)c1ccccc1. The van der Waals surface area contributed by atoms with Crippen LogP contribution in [0, 0.1) is 0 Å². The average molecular weight is 295 g/mol. The van der Waals surface area contributed by atoms with Crippen LogP contribution in [0.1, 0.15) is 29.7 Å². The molecule has 0 aromatic heterocycles. The zero-order valence-corrected chi connectivity index (χ0v) is 11.5. The highest BCUT2D eigenvalue weighted by molar-refractivity contribution is 5.37. The molecule has 0 amide bonds. The Hall–Kier alpha value is -2.01. The number of ether oxygens (including phenoxy) is 1. The van der Waals surface area contributed by atoms with E-state index in [-0.39, 0.29) is 18.2 Å². The molecule has 2 aromatic carbocycles. The molecule has 1 atom stereocenters. The molecular formula is C16H16F3NO. The monoisotopic (exact) mass is 295 g/mol. The average Bonchev–Trinajstić information content (AvgIpc) is 2.46. The Bertz CT molecular complexity index is 596. The second kappa shape index (κ2) is 6.18. The van der Waals surface area contributed by atoms with Crippen LogP contribution in [0.15, 0.2) is 48.5 Å². The van der Waals surface area contributed by atoms with Crippen LogP contribution in [0.4, 0.5) is 13.2 Å². The molecule has 0 aliphatic rings. The number of halogens is 3. The van der Waals surface area contributed by atoms with Gasteiger partial charge < -0.3 is 10.5 Å². The summed E-state index contributed by atoms with van der Waals surface area (Å²) in [6, 6.07) is 13.1. The third kappa shape index (κ3) is 3.76. The molecular weight excluding hydrogens is 279 g/mol. The summed E-state index contributed by atoms with van der Waals surface area (Å²) in [6.45, 7) is 1.65. The summed E-state index contributed by atoms with van der Waals surface area (Å²) in [5.74, 6) is 0.375. The van der Waals surface area contributed by atoms with Crippen LogP contribution >= 0.6 is 0 Å². The van der Waals surface area contributed by atoms with E-state index < -0.39 is 11.7 Å². The first-order valence-electron chi connectivity index (χ1n) is 6.53. The molecule has 2 nitrogen and oxygen atoms in total. The third-order valence-electron chi connectivity index (χ3n) is 3.18. The van der Waals surface area contributed by atoms with Crippen molar-refractivity contribution in [2.24, 2.45) is 5.73 Å². The number of nitrogens with two attached hydrogens (primary N) is 1. The van der Waals surface area contributed by atoms with Crippen LogP contribution in [-0.2, 0) is 12.7 Å². The fraction of sp³-hybridized carbons (Fsp3) is 0.250. The summed E-state index contributed by atoms with van der Waals surface area (Å²) in [5, 5.41) is 0. The maximum Gasteiger partial charge on any atom is 0.416 e. The Morgan fingerprint density at radius 3 is 2.33 bits per heavy atom. The smallest absolute Gasteiger partial charge is 0.416 e. The predicted octanol–water partition coefficient (Wildman–Crippen LogP) is 4.30. The molecule has 0 heterocycles. The first-order chi connectivity index (χ1) is 9.91. The summed E-state index contributed by atoms with van der Waals surface area (Å²) < 4.78 is 44.1. The molecule has 0 aliphatic carbocycles. The molecule has 2 rings (SSSR count). The van der Waals surface area contributed by atoms with E-state index in [0.717, 1.165) is 11.6 Å². The quantitative estimate of drug-likeness (QED) is 0.912.